The Kier molecular flexibility index (Phi) is 7.67. The Hall–Kier alpha value is -0.770. The molecule has 2 N–H and O–H groups in total. The van der Waals surface area contributed by atoms with Crippen molar-refractivity contribution < 1.29 is 9.53 Å². The number of hydrogen-bond acceptors (Lipinski definition) is 3. The van der Waals surface area contributed by atoms with Crippen LogP contribution in [-0.4, -0.2) is 30.3 Å². The number of amides is 1. The Morgan fingerprint density at radius 1 is 1.23 bits per heavy atom. The zero-order chi connectivity index (χ0) is 16.8. The Morgan fingerprint density at radius 3 is 2.32 bits per heavy atom. The molecule has 1 fully saturated rings. The molecule has 4 nitrogen and oxygen atoms in total. The Morgan fingerprint density at radius 2 is 1.82 bits per heavy atom. The molecule has 0 aromatic rings. The second kappa shape index (κ2) is 8.76. The van der Waals surface area contributed by atoms with Crippen LogP contribution in [0.1, 0.15) is 73.6 Å². The summed E-state index contributed by atoms with van der Waals surface area (Å²) in [7, 11) is 0. The first-order valence-corrected chi connectivity index (χ1v) is 8.95. The normalized spacial score (nSPS) is 20.5. The highest BCUT2D eigenvalue weighted by Gasteiger charge is 2.28. The van der Waals surface area contributed by atoms with Gasteiger partial charge < -0.3 is 15.4 Å². The highest BCUT2D eigenvalue weighted by Crippen LogP contribution is 2.28. The second-order valence-corrected chi connectivity index (χ2v) is 7.87. The van der Waals surface area contributed by atoms with Gasteiger partial charge in [0, 0.05) is 18.6 Å². The van der Waals surface area contributed by atoms with Gasteiger partial charge in [-0.25, -0.2) is 4.79 Å². The minimum atomic E-state index is -0.440. The smallest absolute Gasteiger partial charge is 0.407 e. The van der Waals surface area contributed by atoms with Crippen molar-refractivity contribution in [3.8, 4) is 0 Å². The Balaban J connectivity index is 2.53. The largest absolute Gasteiger partial charge is 0.444 e. The Bertz CT molecular complexity index is 332. The van der Waals surface area contributed by atoms with E-state index in [0.717, 1.165) is 0 Å². The van der Waals surface area contributed by atoms with Gasteiger partial charge in [-0.3, -0.25) is 0 Å². The average molecular weight is 312 g/mol. The van der Waals surface area contributed by atoms with Gasteiger partial charge in [0.15, 0.2) is 0 Å². The molecule has 1 rings (SSSR count). The molecule has 130 valence electrons. The van der Waals surface area contributed by atoms with E-state index in [2.05, 4.69) is 31.4 Å². The number of carbonyl (C=O) groups is 1. The van der Waals surface area contributed by atoms with Gasteiger partial charge in [-0.2, -0.15) is 0 Å². The van der Waals surface area contributed by atoms with Gasteiger partial charge in [-0.1, -0.05) is 33.1 Å². The summed E-state index contributed by atoms with van der Waals surface area (Å²) in [6, 6.07) is 0.815. The number of hydrogen-bond donors (Lipinski definition) is 2. The molecule has 3 atom stereocenters. The highest BCUT2D eigenvalue weighted by atomic mass is 16.6. The van der Waals surface area contributed by atoms with Crippen LogP contribution in [0, 0.1) is 11.8 Å². The van der Waals surface area contributed by atoms with Crippen LogP contribution < -0.4 is 10.6 Å². The fraction of sp³-hybridized carbons (Fsp3) is 0.944. The van der Waals surface area contributed by atoms with Crippen LogP contribution in [0.2, 0.25) is 0 Å². The van der Waals surface area contributed by atoms with Crippen molar-refractivity contribution in [1.29, 1.82) is 0 Å². The maximum Gasteiger partial charge on any atom is 0.407 e. The van der Waals surface area contributed by atoms with Crippen molar-refractivity contribution in [2.75, 3.05) is 6.54 Å². The van der Waals surface area contributed by atoms with Gasteiger partial charge in [-0.05, 0) is 52.4 Å². The summed E-state index contributed by atoms with van der Waals surface area (Å²) in [6.45, 7) is 13.1. The number of rotatable bonds is 7. The molecule has 4 heteroatoms. The molecule has 0 spiro atoms. The van der Waals surface area contributed by atoms with Crippen molar-refractivity contribution in [3.63, 3.8) is 0 Å². The second-order valence-electron chi connectivity index (χ2n) is 7.87. The summed E-state index contributed by atoms with van der Waals surface area (Å²) in [5.74, 6) is 1.31. The van der Waals surface area contributed by atoms with E-state index in [1.165, 1.54) is 32.1 Å². The summed E-state index contributed by atoms with van der Waals surface area (Å²) in [5, 5.41) is 6.71. The lowest BCUT2D eigenvalue weighted by molar-refractivity contribution is 0.0516. The zero-order valence-electron chi connectivity index (χ0n) is 15.4. The van der Waals surface area contributed by atoms with E-state index < -0.39 is 5.60 Å². The molecular formula is C18H36N2O2. The van der Waals surface area contributed by atoms with Gasteiger partial charge in [0.1, 0.15) is 5.60 Å². The molecule has 3 unspecified atom stereocenters. The first kappa shape index (κ1) is 19.3. The number of alkyl carbamates (subject to hydrolysis) is 1. The van der Waals surface area contributed by atoms with Crippen LogP contribution in [0.25, 0.3) is 0 Å². The molecule has 0 aliphatic heterocycles. The fourth-order valence-electron chi connectivity index (χ4n) is 3.08. The molecule has 1 aliphatic carbocycles. The predicted octanol–water partition coefficient (Wildman–Crippen LogP) is 4.09. The van der Waals surface area contributed by atoms with E-state index in [4.69, 9.17) is 4.74 Å². The van der Waals surface area contributed by atoms with Gasteiger partial charge in [-0.15, -0.1) is 0 Å². The van der Waals surface area contributed by atoms with E-state index in [9.17, 15) is 4.79 Å². The van der Waals surface area contributed by atoms with Crippen LogP contribution >= 0.6 is 0 Å². The minimum absolute atomic E-state index is 0.312. The summed E-state index contributed by atoms with van der Waals surface area (Å²) in [4.78, 5) is 11.9. The van der Waals surface area contributed by atoms with E-state index >= 15 is 0 Å². The molecule has 1 aliphatic rings. The van der Waals surface area contributed by atoms with E-state index in [1.807, 2.05) is 20.8 Å². The van der Waals surface area contributed by atoms with E-state index in [-0.39, 0.29) is 6.09 Å². The highest BCUT2D eigenvalue weighted by molar-refractivity contribution is 5.67. The molecular weight excluding hydrogens is 276 g/mol. The van der Waals surface area contributed by atoms with Crippen molar-refractivity contribution in [2.24, 2.45) is 11.8 Å². The average Bonchev–Trinajstić information content (AvgIpc) is 2.94. The number of nitrogens with one attached hydrogen (secondary N) is 2. The summed E-state index contributed by atoms with van der Waals surface area (Å²) in [5.41, 5.74) is -0.440. The third-order valence-corrected chi connectivity index (χ3v) is 4.81. The van der Waals surface area contributed by atoms with E-state index in [0.29, 0.717) is 30.5 Å². The van der Waals surface area contributed by atoms with Crippen molar-refractivity contribution >= 4 is 6.09 Å². The quantitative estimate of drug-likeness (QED) is 0.744. The van der Waals surface area contributed by atoms with Crippen LogP contribution in [-0.2, 0) is 4.74 Å². The molecule has 0 aromatic carbocycles. The molecule has 1 saturated carbocycles. The number of carbonyl (C=O) groups excluding carboxylic acids is 1. The summed E-state index contributed by atoms with van der Waals surface area (Å²) in [6.07, 6.45) is 6.01. The topological polar surface area (TPSA) is 50.4 Å². The molecule has 1 amide bonds. The minimum Gasteiger partial charge on any atom is -0.444 e. The summed E-state index contributed by atoms with van der Waals surface area (Å²) >= 11 is 0. The zero-order valence-corrected chi connectivity index (χ0v) is 15.4. The fourth-order valence-corrected chi connectivity index (χ4v) is 3.08. The molecule has 0 radical (unpaired) electrons. The predicted molar refractivity (Wildman–Crippen MR) is 92.0 cm³/mol. The van der Waals surface area contributed by atoms with Gasteiger partial charge in [0.05, 0.1) is 0 Å². The van der Waals surface area contributed by atoms with Gasteiger partial charge >= 0.3 is 6.09 Å². The SMILES string of the molecule is CCC(C)C(C)NC(CNC(=O)OC(C)(C)C)C1CCCC1. The third-order valence-electron chi connectivity index (χ3n) is 4.81. The first-order chi connectivity index (χ1) is 10.2. The molecule has 0 heterocycles. The Labute approximate surface area is 136 Å². The standard InChI is InChI=1S/C18H36N2O2/c1-7-13(2)14(3)20-16(15-10-8-9-11-15)12-19-17(21)22-18(4,5)6/h13-16,20H,7-12H2,1-6H3,(H,19,21). The van der Waals surface area contributed by atoms with Gasteiger partial charge in [0.2, 0.25) is 0 Å². The lowest BCUT2D eigenvalue weighted by atomic mass is 9.94. The lowest BCUT2D eigenvalue weighted by Gasteiger charge is -2.31. The summed E-state index contributed by atoms with van der Waals surface area (Å²) < 4.78 is 5.35. The third kappa shape index (κ3) is 6.99. The van der Waals surface area contributed by atoms with Crippen LogP contribution in [0.15, 0.2) is 0 Å². The van der Waals surface area contributed by atoms with Crippen LogP contribution in [0.4, 0.5) is 4.79 Å². The van der Waals surface area contributed by atoms with Crippen molar-refractivity contribution in [1.82, 2.24) is 10.6 Å². The van der Waals surface area contributed by atoms with Crippen LogP contribution in [0.5, 0.6) is 0 Å². The lowest BCUT2D eigenvalue weighted by Crippen LogP contribution is -2.50. The molecule has 22 heavy (non-hydrogen) atoms. The molecule has 0 aromatic heterocycles. The maximum atomic E-state index is 11.9. The molecule has 0 saturated heterocycles. The van der Waals surface area contributed by atoms with Crippen molar-refractivity contribution in [2.45, 2.75) is 91.3 Å². The first-order valence-electron chi connectivity index (χ1n) is 8.95. The monoisotopic (exact) mass is 312 g/mol. The number of ether oxygens (including phenoxy) is 1. The molecule has 0 bridgehead atoms. The van der Waals surface area contributed by atoms with Crippen molar-refractivity contribution in [3.05, 3.63) is 0 Å². The van der Waals surface area contributed by atoms with Gasteiger partial charge in [0.25, 0.3) is 0 Å². The van der Waals surface area contributed by atoms with E-state index in [1.54, 1.807) is 0 Å². The van der Waals surface area contributed by atoms with Crippen LogP contribution in [0.3, 0.4) is 0 Å². The maximum absolute atomic E-state index is 11.9.